The van der Waals surface area contributed by atoms with E-state index in [9.17, 15) is 23.1 Å². The highest BCUT2D eigenvalue weighted by Gasteiger charge is 2.28. The topological polar surface area (TPSA) is 128 Å². The van der Waals surface area contributed by atoms with Crippen LogP contribution in [-0.4, -0.2) is 64.2 Å². The van der Waals surface area contributed by atoms with Crippen LogP contribution >= 0.6 is 0 Å². The van der Waals surface area contributed by atoms with Crippen molar-refractivity contribution in [3.05, 3.63) is 60.2 Å². The number of carbonyl (C=O) groups excluding carboxylic acids is 1. The Morgan fingerprint density at radius 3 is 2.17 bits per heavy atom. The third-order valence-electron chi connectivity index (χ3n) is 7.20. The predicted octanol–water partition coefficient (Wildman–Crippen LogP) is 2.06. The maximum atomic E-state index is 12.6. The van der Waals surface area contributed by atoms with Gasteiger partial charge in [-0.25, -0.2) is 8.42 Å². The van der Waals surface area contributed by atoms with E-state index in [1.165, 1.54) is 37.8 Å². The molecule has 10 heteroatoms. The molecule has 4 N–H and O–H groups in total. The maximum Gasteiger partial charge on any atom is 0.323 e. The van der Waals surface area contributed by atoms with Gasteiger partial charge in [-0.3, -0.25) is 9.59 Å². The Morgan fingerprint density at radius 1 is 0.944 bits per heavy atom. The lowest BCUT2D eigenvalue weighted by Crippen LogP contribution is -2.48. The van der Waals surface area contributed by atoms with Crippen LogP contribution in [0.2, 0.25) is 0 Å². The number of hydrogen-bond donors (Lipinski definition) is 4. The summed E-state index contributed by atoms with van der Waals surface area (Å²) in [5.74, 6) is -0.226. The number of carboxylic acid groups (broad SMARTS) is 1. The Morgan fingerprint density at radius 2 is 1.56 bits per heavy atom. The standard InChI is InChI=1S/C26H34N4O5S/c31-25(28-18-24(26(32)33)29-36(34,35)23-4-2-1-3-5-23)21-6-8-22(9-7-21)30-16-12-20(13-17-30)19-10-14-27-15-11-19/h1-9,19-20,24,27,29H,10-18H2,(H,28,31)(H,32,33)/t24-/m0/s1. The summed E-state index contributed by atoms with van der Waals surface area (Å²) in [5.41, 5.74) is 1.45. The fourth-order valence-electron chi connectivity index (χ4n) is 5.10. The molecule has 0 saturated carbocycles. The molecule has 0 aromatic heterocycles. The number of aliphatic carboxylic acids is 1. The van der Waals surface area contributed by atoms with Gasteiger partial charge in [-0.05, 0) is 87.0 Å². The van der Waals surface area contributed by atoms with Crippen molar-refractivity contribution >= 4 is 27.6 Å². The van der Waals surface area contributed by atoms with Crippen LogP contribution < -0.4 is 20.3 Å². The third kappa shape index (κ3) is 6.63. The Hall–Kier alpha value is -2.95. The van der Waals surface area contributed by atoms with E-state index in [0.29, 0.717) is 5.56 Å². The summed E-state index contributed by atoms with van der Waals surface area (Å²) < 4.78 is 27.1. The monoisotopic (exact) mass is 514 g/mol. The zero-order valence-electron chi connectivity index (χ0n) is 20.2. The van der Waals surface area contributed by atoms with Crippen molar-refractivity contribution in [2.45, 2.75) is 36.6 Å². The van der Waals surface area contributed by atoms with Crippen molar-refractivity contribution in [2.24, 2.45) is 11.8 Å². The molecule has 4 rings (SSSR count). The van der Waals surface area contributed by atoms with Gasteiger partial charge in [0.2, 0.25) is 10.0 Å². The highest BCUT2D eigenvalue weighted by atomic mass is 32.2. The fourth-order valence-corrected chi connectivity index (χ4v) is 6.31. The van der Waals surface area contributed by atoms with E-state index in [4.69, 9.17) is 0 Å². The summed E-state index contributed by atoms with van der Waals surface area (Å²) in [5, 5.41) is 15.4. The molecule has 0 spiro atoms. The highest BCUT2D eigenvalue weighted by Crippen LogP contribution is 2.32. The maximum absolute atomic E-state index is 12.6. The molecule has 1 atom stereocenters. The molecule has 2 saturated heterocycles. The molecular formula is C26H34N4O5S. The molecule has 2 aliphatic rings. The van der Waals surface area contributed by atoms with E-state index in [0.717, 1.165) is 43.7 Å². The number of nitrogens with zero attached hydrogens (tertiary/aromatic N) is 1. The van der Waals surface area contributed by atoms with Gasteiger partial charge in [0.1, 0.15) is 6.04 Å². The number of carbonyl (C=O) groups is 2. The molecule has 1 amide bonds. The zero-order valence-corrected chi connectivity index (χ0v) is 21.0. The molecule has 0 radical (unpaired) electrons. The normalized spacial score (nSPS) is 18.5. The second kappa shape index (κ2) is 11.9. The van der Waals surface area contributed by atoms with Crippen LogP contribution in [0, 0.1) is 11.8 Å². The van der Waals surface area contributed by atoms with Gasteiger partial charge in [-0.2, -0.15) is 4.72 Å². The summed E-state index contributed by atoms with van der Waals surface area (Å²) in [6.07, 6.45) is 4.90. The molecule has 2 aromatic carbocycles. The molecule has 36 heavy (non-hydrogen) atoms. The first-order valence-corrected chi connectivity index (χ1v) is 14.0. The molecule has 9 nitrogen and oxygen atoms in total. The number of hydrogen-bond acceptors (Lipinski definition) is 6. The van der Waals surface area contributed by atoms with Crippen LogP contribution in [-0.2, 0) is 14.8 Å². The van der Waals surface area contributed by atoms with Crippen LogP contribution in [0.3, 0.4) is 0 Å². The molecule has 194 valence electrons. The van der Waals surface area contributed by atoms with Crippen molar-refractivity contribution in [3.8, 4) is 0 Å². The van der Waals surface area contributed by atoms with E-state index >= 15 is 0 Å². The minimum Gasteiger partial charge on any atom is -0.480 e. The van der Waals surface area contributed by atoms with Crippen molar-refractivity contribution in [2.75, 3.05) is 37.6 Å². The number of carboxylic acids is 1. The first-order chi connectivity index (χ1) is 17.3. The average molecular weight is 515 g/mol. The van der Waals surface area contributed by atoms with E-state index < -0.39 is 27.9 Å². The number of piperidine rings is 2. The van der Waals surface area contributed by atoms with E-state index in [1.54, 1.807) is 30.3 Å². The van der Waals surface area contributed by atoms with Gasteiger partial charge in [0, 0.05) is 30.9 Å². The molecule has 0 aliphatic carbocycles. The van der Waals surface area contributed by atoms with Gasteiger partial charge in [0.05, 0.1) is 4.90 Å². The van der Waals surface area contributed by atoms with Crippen LogP contribution in [0.15, 0.2) is 59.5 Å². The van der Waals surface area contributed by atoms with Crippen LogP contribution in [0.5, 0.6) is 0 Å². The van der Waals surface area contributed by atoms with Gasteiger partial charge in [-0.15, -0.1) is 0 Å². The van der Waals surface area contributed by atoms with Gasteiger partial charge >= 0.3 is 5.97 Å². The van der Waals surface area contributed by atoms with Gasteiger partial charge in [0.25, 0.3) is 5.91 Å². The molecule has 2 heterocycles. The van der Waals surface area contributed by atoms with Crippen molar-refractivity contribution < 1.29 is 23.1 Å². The van der Waals surface area contributed by atoms with Crippen LogP contribution in [0.25, 0.3) is 0 Å². The largest absolute Gasteiger partial charge is 0.480 e. The molecule has 2 aromatic rings. The van der Waals surface area contributed by atoms with E-state index in [1.807, 2.05) is 12.1 Å². The van der Waals surface area contributed by atoms with Crippen molar-refractivity contribution in [1.29, 1.82) is 0 Å². The lowest BCUT2D eigenvalue weighted by atomic mass is 9.79. The second-order valence-corrected chi connectivity index (χ2v) is 11.2. The Balaban J connectivity index is 1.29. The molecular weight excluding hydrogens is 480 g/mol. The SMILES string of the molecule is O=C(NC[C@H](NS(=O)(=O)c1ccccc1)C(=O)O)c1ccc(N2CCC(C3CCNCC3)CC2)cc1. The van der Waals surface area contributed by atoms with E-state index in [2.05, 4.69) is 20.3 Å². The first-order valence-electron chi connectivity index (χ1n) is 12.5. The van der Waals surface area contributed by atoms with Crippen molar-refractivity contribution in [1.82, 2.24) is 15.4 Å². The number of rotatable bonds is 9. The minimum absolute atomic E-state index is 0.0436. The fraction of sp³-hybridized carbons (Fsp3) is 0.462. The van der Waals surface area contributed by atoms with Crippen molar-refractivity contribution in [3.63, 3.8) is 0 Å². The Kier molecular flexibility index (Phi) is 8.60. The van der Waals surface area contributed by atoms with Gasteiger partial charge < -0.3 is 20.6 Å². The quantitative estimate of drug-likeness (QED) is 0.403. The minimum atomic E-state index is -4.04. The average Bonchev–Trinajstić information content (AvgIpc) is 2.92. The Labute approximate surface area is 212 Å². The van der Waals surface area contributed by atoms with Gasteiger partial charge in [-0.1, -0.05) is 18.2 Å². The lowest BCUT2D eigenvalue weighted by molar-refractivity contribution is -0.138. The lowest BCUT2D eigenvalue weighted by Gasteiger charge is -2.38. The van der Waals surface area contributed by atoms with E-state index in [-0.39, 0.29) is 11.4 Å². The molecule has 0 bridgehead atoms. The van der Waals surface area contributed by atoms with Crippen LogP contribution in [0.1, 0.15) is 36.0 Å². The second-order valence-electron chi connectivity index (χ2n) is 9.49. The molecule has 2 aliphatic heterocycles. The molecule has 0 unspecified atom stereocenters. The summed E-state index contributed by atoms with van der Waals surface area (Å²) >= 11 is 0. The number of amides is 1. The summed E-state index contributed by atoms with van der Waals surface area (Å²) in [6.45, 7) is 3.87. The zero-order chi connectivity index (χ0) is 25.5. The highest BCUT2D eigenvalue weighted by molar-refractivity contribution is 7.89. The summed E-state index contributed by atoms with van der Waals surface area (Å²) in [7, 11) is -4.04. The first kappa shape index (κ1) is 26.1. The smallest absolute Gasteiger partial charge is 0.323 e. The van der Waals surface area contributed by atoms with Gasteiger partial charge in [0.15, 0.2) is 0 Å². The number of benzene rings is 2. The summed E-state index contributed by atoms with van der Waals surface area (Å²) in [4.78, 5) is 26.5. The predicted molar refractivity (Wildman–Crippen MR) is 137 cm³/mol. The number of sulfonamides is 1. The molecule has 2 fully saturated rings. The number of anilines is 1. The number of nitrogens with one attached hydrogen (secondary N) is 3. The third-order valence-corrected chi connectivity index (χ3v) is 8.69. The summed E-state index contributed by atoms with van der Waals surface area (Å²) in [6, 6.07) is 13.3. The van der Waals surface area contributed by atoms with Crippen LogP contribution in [0.4, 0.5) is 5.69 Å². The Bertz CT molecular complexity index is 1130.